The summed E-state index contributed by atoms with van der Waals surface area (Å²) in [4.78, 5) is 17.5. The number of nitrogens with zero attached hydrogens (tertiary/aromatic N) is 3. The highest BCUT2D eigenvalue weighted by Gasteiger charge is 2.22. The van der Waals surface area contributed by atoms with Crippen molar-refractivity contribution in [1.29, 1.82) is 0 Å². The second-order valence-corrected chi connectivity index (χ2v) is 5.90. The smallest absolute Gasteiger partial charge is 0.0950 e. The van der Waals surface area contributed by atoms with Gasteiger partial charge in [0.05, 0.1) is 34.9 Å². The molecule has 4 heteroatoms. The molecule has 4 aliphatic rings. The van der Waals surface area contributed by atoms with Gasteiger partial charge >= 0.3 is 0 Å². The van der Waals surface area contributed by atoms with Crippen LogP contribution < -0.4 is 10.7 Å². The lowest BCUT2D eigenvalue weighted by Crippen LogP contribution is -2.15. The number of hydrogen-bond acceptors (Lipinski definition) is 3. The lowest BCUT2D eigenvalue weighted by Gasteiger charge is -2.08. The summed E-state index contributed by atoms with van der Waals surface area (Å²) in [6.45, 7) is 0. The van der Waals surface area contributed by atoms with Crippen molar-refractivity contribution in [3.8, 4) is 0 Å². The molecule has 23 heavy (non-hydrogen) atoms. The Bertz CT molecular complexity index is 1020. The Labute approximate surface area is 133 Å². The Morgan fingerprint density at radius 2 is 1.35 bits per heavy atom. The van der Waals surface area contributed by atoms with E-state index in [0.717, 1.165) is 33.5 Å². The first-order valence-corrected chi connectivity index (χ1v) is 7.71. The number of aromatic nitrogens is 1. The van der Waals surface area contributed by atoms with Gasteiger partial charge in [0.1, 0.15) is 0 Å². The monoisotopic (exact) mass is 298 g/mol. The van der Waals surface area contributed by atoms with E-state index in [1.54, 1.807) is 0 Å². The fraction of sp³-hybridized carbons (Fsp3) is 0.105. The summed E-state index contributed by atoms with van der Waals surface area (Å²) in [5, 5.41) is 2.08. The number of hydrogen-bond donors (Lipinski definition) is 1. The van der Waals surface area contributed by atoms with E-state index in [1.807, 2.05) is 24.3 Å². The molecular formula is C19H14N4. The summed E-state index contributed by atoms with van der Waals surface area (Å²) in [6.07, 6.45) is 18.5. The van der Waals surface area contributed by atoms with Gasteiger partial charge in [0.2, 0.25) is 0 Å². The van der Waals surface area contributed by atoms with Gasteiger partial charge in [0, 0.05) is 10.7 Å². The molecule has 0 aromatic carbocycles. The first-order valence-electron chi connectivity index (χ1n) is 7.71. The van der Waals surface area contributed by atoms with Crippen LogP contribution in [0, 0.1) is 0 Å². The number of fused-ring (bicyclic) bond motifs is 6. The van der Waals surface area contributed by atoms with Crippen molar-refractivity contribution in [2.75, 3.05) is 0 Å². The molecule has 0 saturated heterocycles. The molecule has 0 aliphatic carbocycles. The number of allylic oxidation sites excluding steroid dienone is 5. The molecule has 1 aromatic heterocycles. The highest BCUT2D eigenvalue weighted by molar-refractivity contribution is 6.20. The second-order valence-electron chi connectivity index (χ2n) is 5.90. The van der Waals surface area contributed by atoms with E-state index in [1.165, 1.54) is 0 Å². The Morgan fingerprint density at radius 3 is 2.09 bits per heavy atom. The molecular weight excluding hydrogens is 284 g/mol. The minimum atomic E-state index is 0.0775. The third-order valence-corrected chi connectivity index (χ3v) is 4.19. The van der Waals surface area contributed by atoms with Gasteiger partial charge in [0.25, 0.3) is 0 Å². The lowest BCUT2D eigenvalue weighted by atomic mass is 10.1. The average molecular weight is 298 g/mol. The molecule has 110 valence electrons. The Balaban J connectivity index is 1.70. The first kappa shape index (κ1) is 12.5. The van der Waals surface area contributed by atoms with Crippen molar-refractivity contribution in [3.63, 3.8) is 0 Å². The quantitative estimate of drug-likeness (QED) is 0.749. The molecule has 5 rings (SSSR count). The van der Waals surface area contributed by atoms with E-state index in [0.29, 0.717) is 0 Å². The largest absolute Gasteiger partial charge is 0.355 e. The third-order valence-electron chi connectivity index (χ3n) is 4.19. The van der Waals surface area contributed by atoms with Crippen LogP contribution in [0.15, 0.2) is 75.3 Å². The van der Waals surface area contributed by atoms with E-state index >= 15 is 0 Å². The van der Waals surface area contributed by atoms with Gasteiger partial charge in [-0.25, -0.2) is 4.99 Å². The molecule has 0 fully saturated rings. The molecule has 0 amide bonds. The van der Waals surface area contributed by atoms with Gasteiger partial charge in [-0.3, -0.25) is 9.98 Å². The van der Waals surface area contributed by atoms with Gasteiger partial charge in [-0.05, 0) is 54.7 Å². The Hall–Kier alpha value is -3.01. The van der Waals surface area contributed by atoms with Crippen LogP contribution in [0.1, 0.15) is 0 Å². The molecule has 1 aromatic rings. The van der Waals surface area contributed by atoms with Crippen molar-refractivity contribution in [2.45, 2.75) is 12.1 Å². The molecule has 0 saturated carbocycles. The summed E-state index contributed by atoms with van der Waals surface area (Å²) >= 11 is 0. The maximum absolute atomic E-state index is 4.76. The standard InChI is InChI=1S/C19H14N4/c1-3-14-10-16-5-7-18(22-16)19-8-6-17(23-19)11-15-4-2-13(21-15)9-12(1)20-14/h1-11,18-20H/b12-9-,14-10-,15-11-. The molecule has 0 spiro atoms. The van der Waals surface area contributed by atoms with E-state index in [-0.39, 0.29) is 12.1 Å². The SMILES string of the molecule is C1=C/C2=C/C3=NC(C=C3)C3C=CC(=N3)/C=c3/cc/c([nH]3)=C/C1=N2. The predicted octanol–water partition coefficient (Wildman–Crippen LogP) is 1.24. The summed E-state index contributed by atoms with van der Waals surface area (Å²) < 4.78 is 0. The first-order chi connectivity index (χ1) is 11.3. The van der Waals surface area contributed by atoms with Crippen LogP contribution in [0.2, 0.25) is 0 Å². The number of aromatic amines is 1. The summed E-state index contributed by atoms with van der Waals surface area (Å²) in [5.74, 6) is 0. The minimum Gasteiger partial charge on any atom is -0.355 e. The van der Waals surface area contributed by atoms with Crippen molar-refractivity contribution >= 4 is 29.3 Å². The molecule has 4 aliphatic heterocycles. The van der Waals surface area contributed by atoms with Crippen LogP contribution in [0.5, 0.6) is 0 Å². The lowest BCUT2D eigenvalue weighted by molar-refractivity contribution is 0.729. The van der Waals surface area contributed by atoms with Crippen molar-refractivity contribution in [1.82, 2.24) is 4.98 Å². The topological polar surface area (TPSA) is 52.9 Å². The molecule has 0 radical (unpaired) electrons. The van der Waals surface area contributed by atoms with E-state index < -0.39 is 0 Å². The van der Waals surface area contributed by atoms with Gasteiger partial charge in [-0.2, -0.15) is 0 Å². The van der Waals surface area contributed by atoms with Gasteiger partial charge in [-0.15, -0.1) is 0 Å². The highest BCUT2D eigenvalue weighted by atomic mass is 14.9. The van der Waals surface area contributed by atoms with Gasteiger partial charge in [-0.1, -0.05) is 12.2 Å². The van der Waals surface area contributed by atoms with Crippen molar-refractivity contribution in [2.24, 2.45) is 15.0 Å². The molecule has 8 bridgehead atoms. The van der Waals surface area contributed by atoms with Crippen LogP contribution in [0.3, 0.4) is 0 Å². The molecule has 2 unspecified atom stereocenters. The van der Waals surface area contributed by atoms with E-state index in [4.69, 9.17) is 9.98 Å². The van der Waals surface area contributed by atoms with Crippen LogP contribution in [0.4, 0.5) is 0 Å². The zero-order chi connectivity index (χ0) is 15.2. The van der Waals surface area contributed by atoms with Crippen molar-refractivity contribution in [3.05, 3.63) is 71.1 Å². The highest BCUT2D eigenvalue weighted by Crippen LogP contribution is 2.19. The molecule has 1 N–H and O–H groups in total. The second kappa shape index (κ2) is 4.74. The fourth-order valence-corrected chi connectivity index (χ4v) is 3.09. The summed E-state index contributed by atoms with van der Waals surface area (Å²) in [5.41, 5.74) is 3.81. The fourth-order valence-electron chi connectivity index (χ4n) is 3.09. The predicted molar refractivity (Wildman–Crippen MR) is 94.4 cm³/mol. The normalized spacial score (nSPS) is 31.8. The number of rotatable bonds is 0. The maximum Gasteiger partial charge on any atom is 0.0950 e. The maximum atomic E-state index is 4.76. The zero-order valence-electron chi connectivity index (χ0n) is 12.3. The summed E-state index contributed by atoms with van der Waals surface area (Å²) in [7, 11) is 0. The van der Waals surface area contributed by atoms with Crippen molar-refractivity contribution < 1.29 is 0 Å². The molecule has 5 heterocycles. The zero-order valence-corrected chi connectivity index (χ0v) is 12.3. The molecule has 2 atom stereocenters. The Kier molecular flexibility index (Phi) is 2.58. The number of aliphatic imine (C=N–C) groups is 3. The van der Waals surface area contributed by atoms with Crippen LogP contribution in [0.25, 0.3) is 12.2 Å². The van der Waals surface area contributed by atoms with Gasteiger partial charge in [0.15, 0.2) is 0 Å². The number of H-pyrrole nitrogens is 1. The average Bonchev–Trinajstić information content (AvgIpc) is 3.28. The van der Waals surface area contributed by atoms with E-state index in [2.05, 4.69) is 52.5 Å². The minimum absolute atomic E-state index is 0.0775. The summed E-state index contributed by atoms with van der Waals surface area (Å²) in [6, 6.07) is 4.27. The number of nitrogens with one attached hydrogen (secondary N) is 1. The molecule has 4 nitrogen and oxygen atoms in total. The Morgan fingerprint density at radius 1 is 0.696 bits per heavy atom. The van der Waals surface area contributed by atoms with Gasteiger partial charge < -0.3 is 4.98 Å². The third kappa shape index (κ3) is 2.28. The van der Waals surface area contributed by atoms with E-state index in [9.17, 15) is 0 Å². The van der Waals surface area contributed by atoms with Crippen LogP contribution in [-0.2, 0) is 0 Å². The van der Waals surface area contributed by atoms with Crippen LogP contribution in [-0.4, -0.2) is 34.2 Å². The van der Waals surface area contributed by atoms with Crippen LogP contribution >= 0.6 is 0 Å².